The summed E-state index contributed by atoms with van der Waals surface area (Å²) in [4.78, 5) is 18.5. The lowest BCUT2D eigenvalue weighted by atomic mass is 9.91. The average Bonchev–Trinajstić information content (AvgIpc) is 2.57. The number of pyridine rings is 1. The van der Waals surface area contributed by atoms with E-state index in [-0.39, 0.29) is 5.91 Å². The van der Waals surface area contributed by atoms with Gasteiger partial charge >= 0.3 is 0 Å². The molecule has 0 bridgehead atoms. The third kappa shape index (κ3) is 3.48. The van der Waals surface area contributed by atoms with Crippen molar-refractivity contribution in [2.75, 3.05) is 13.1 Å². The molecule has 3 heteroatoms. The van der Waals surface area contributed by atoms with Crippen LogP contribution in [0.15, 0.2) is 54.9 Å². The van der Waals surface area contributed by atoms with E-state index in [1.807, 2.05) is 47.6 Å². The Kier molecular flexibility index (Phi) is 4.29. The number of carbonyl (C=O) groups is 1. The second-order valence-corrected chi connectivity index (χ2v) is 5.62. The number of rotatable bonds is 3. The molecule has 0 aliphatic carbocycles. The Bertz CT molecular complexity index is 583. The monoisotopic (exact) mass is 280 g/mol. The summed E-state index contributed by atoms with van der Waals surface area (Å²) >= 11 is 0. The first-order chi connectivity index (χ1) is 10.3. The molecule has 3 rings (SSSR count). The first-order valence-electron chi connectivity index (χ1n) is 7.54. The largest absolute Gasteiger partial charge is 0.342 e. The third-order valence-electron chi connectivity index (χ3n) is 4.15. The smallest absolute Gasteiger partial charge is 0.227 e. The van der Waals surface area contributed by atoms with Gasteiger partial charge < -0.3 is 4.90 Å². The molecule has 0 saturated carbocycles. The molecule has 3 nitrogen and oxygen atoms in total. The van der Waals surface area contributed by atoms with E-state index in [2.05, 4.69) is 17.1 Å². The predicted octanol–water partition coefficient (Wildman–Crippen LogP) is 3.03. The first kappa shape index (κ1) is 13.8. The van der Waals surface area contributed by atoms with E-state index >= 15 is 0 Å². The number of amides is 1. The van der Waals surface area contributed by atoms with Crippen LogP contribution in [-0.4, -0.2) is 28.9 Å². The van der Waals surface area contributed by atoms with Gasteiger partial charge in [-0.3, -0.25) is 9.78 Å². The maximum Gasteiger partial charge on any atom is 0.227 e. The molecule has 1 fully saturated rings. The van der Waals surface area contributed by atoms with Gasteiger partial charge in [0.25, 0.3) is 0 Å². The lowest BCUT2D eigenvalue weighted by Crippen LogP contribution is -2.39. The number of piperidine rings is 1. The standard InChI is InChI=1S/C18H20N2O/c21-18(13-15-5-2-1-3-6-15)20-12-4-7-17(14-20)16-8-10-19-11-9-16/h1-3,5-6,8-11,17H,4,7,12-14H2. The highest BCUT2D eigenvalue weighted by Crippen LogP contribution is 2.26. The van der Waals surface area contributed by atoms with Gasteiger partial charge in [0.05, 0.1) is 6.42 Å². The van der Waals surface area contributed by atoms with Gasteiger partial charge in [0.15, 0.2) is 0 Å². The van der Waals surface area contributed by atoms with Crippen LogP contribution in [0.2, 0.25) is 0 Å². The molecule has 2 aromatic rings. The molecule has 108 valence electrons. The molecule has 1 amide bonds. The van der Waals surface area contributed by atoms with Crippen LogP contribution in [0, 0.1) is 0 Å². The molecule has 2 heterocycles. The van der Waals surface area contributed by atoms with Crippen LogP contribution in [0.3, 0.4) is 0 Å². The number of hydrogen-bond donors (Lipinski definition) is 0. The Morgan fingerprint density at radius 3 is 2.67 bits per heavy atom. The minimum Gasteiger partial charge on any atom is -0.342 e. The highest BCUT2D eigenvalue weighted by atomic mass is 16.2. The van der Waals surface area contributed by atoms with Gasteiger partial charge in [-0.25, -0.2) is 0 Å². The van der Waals surface area contributed by atoms with E-state index in [1.165, 1.54) is 5.56 Å². The predicted molar refractivity (Wildman–Crippen MR) is 82.9 cm³/mol. The van der Waals surface area contributed by atoms with E-state index in [4.69, 9.17) is 0 Å². The molecule has 1 unspecified atom stereocenters. The van der Waals surface area contributed by atoms with Gasteiger partial charge in [0.2, 0.25) is 5.91 Å². The van der Waals surface area contributed by atoms with Crippen molar-refractivity contribution in [1.29, 1.82) is 0 Å². The SMILES string of the molecule is O=C(Cc1ccccc1)N1CCCC(c2ccncc2)C1. The number of aromatic nitrogens is 1. The Morgan fingerprint density at radius 1 is 1.14 bits per heavy atom. The van der Waals surface area contributed by atoms with Crippen molar-refractivity contribution in [2.24, 2.45) is 0 Å². The third-order valence-corrected chi connectivity index (χ3v) is 4.15. The van der Waals surface area contributed by atoms with E-state index < -0.39 is 0 Å². The van der Waals surface area contributed by atoms with Gasteiger partial charge in [-0.15, -0.1) is 0 Å². The summed E-state index contributed by atoms with van der Waals surface area (Å²) in [5.41, 5.74) is 2.38. The van der Waals surface area contributed by atoms with Crippen LogP contribution < -0.4 is 0 Å². The maximum atomic E-state index is 12.5. The fourth-order valence-electron chi connectivity index (χ4n) is 2.99. The first-order valence-corrected chi connectivity index (χ1v) is 7.54. The van der Waals surface area contributed by atoms with Crippen molar-refractivity contribution >= 4 is 5.91 Å². The Balaban J connectivity index is 1.64. The highest BCUT2D eigenvalue weighted by Gasteiger charge is 2.24. The summed E-state index contributed by atoms with van der Waals surface area (Å²) in [6.45, 7) is 1.71. The van der Waals surface area contributed by atoms with Gasteiger partial charge in [-0.2, -0.15) is 0 Å². The fourth-order valence-corrected chi connectivity index (χ4v) is 2.99. The number of likely N-dealkylation sites (tertiary alicyclic amines) is 1. The van der Waals surface area contributed by atoms with E-state index in [0.29, 0.717) is 12.3 Å². The van der Waals surface area contributed by atoms with Gasteiger partial charge in [0.1, 0.15) is 0 Å². The fraction of sp³-hybridized carbons (Fsp3) is 0.333. The molecule has 0 N–H and O–H groups in total. The van der Waals surface area contributed by atoms with Gasteiger partial charge in [-0.05, 0) is 36.1 Å². The van der Waals surface area contributed by atoms with Crippen LogP contribution in [0.25, 0.3) is 0 Å². The summed E-state index contributed by atoms with van der Waals surface area (Å²) < 4.78 is 0. The Labute approximate surface area is 125 Å². The summed E-state index contributed by atoms with van der Waals surface area (Å²) in [6.07, 6.45) is 6.40. The van der Waals surface area contributed by atoms with E-state index in [9.17, 15) is 4.79 Å². The zero-order chi connectivity index (χ0) is 14.5. The molecule has 0 radical (unpaired) electrons. The van der Waals surface area contributed by atoms with Crippen LogP contribution in [0.4, 0.5) is 0 Å². The molecule has 1 aromatic heterocycles. The minimum atomic E-state index is 0.236. The van der Waals surface area contributed by atoms with Crippen molar-refractivity contribution in [3.8, 4) is 0 Å². The molecule has 1 aromatic carbocycles. The molecular formula is C18H20N2O. The molecule has 21 heavy (non-hydrogen) atoms. The van der Waals surface area contributed by atoms with Crippen LogP contribution in [0.5, 0.6) is 0 Å². The van der Waals surface area contributed by atoms with Crippen molar-refractivity contribution in [2.45, 2.75) is 25.2 Å². The molecule has 1 atom stereocenters. The number of carbonyl (C=O) groups excluding carboxylic acids is 1. The normalized spacial score (nSPS) is 18.5. The number of hydrogen-bond acceptors (Lipinski definition) is 2. The number of nitrogens with zero attached hydrogens (tertiary/aromatic N) is 2. The second kappa shape index (κ2) is 6.53. The lowest BCUT2D eigenvalue weighted by molar-refractivity contribution is -0.131. The quantitative estimate of drug-likeness (QED) is 0.866. The topological polar surface area (TPSA) is 33.2 Å². The summed E-state index contributed by atoms with van der Waals surface area (Å²) in [5, 5.41) is 0. The number of benzene rings is 1. The van der Waals surface area contributed by atoms with Crippen molar-refractivity contribution in [3.05, 3.63) is 66.0 Å². The Morgan fingerprint density at radius 2 is 1.90 bits per heavy atom. The molecular weight excluding hydrogens is 260 g/mol. The zero-order valence-corrected chi connectivity index (χ0v) is 12.1. The van der Waals surface area contributed by atoms with Crippen LogP contribution in [-0.2, 0) is 11.2 Å². The maximum absolute atomic E-state index is 12.5. The van der Waals surface area contributed by atoms with Crippen LogP contribution >= 0.6 is 0 Å². The molecule has 1 aliphatic heterocycles. The van der Waals surface area contributed by atoms with E-state index in [1.54, 1.807) is 0 Å². The Hall–Kier alpha value is -2.16. The zero-order valence-electron chi connectivity index (χ0n) is 12.1. The van der Waals surface area contributed by atoms with Crippen molar-refractivity contribution < 1.29 is 4.79 Å². The summed E-state index contributed by atoms with van der Waals surface area (Å²) in [7, 11) is 0. The highest BCUT2D eigenvalue weighted by molar-refractivity contribution is 5.79. The van der Waals surface area contributed by atoms with Crippen LogP contribution in [0.1, 0.15) is 29.9 Å². The summed E-state index contributed by atoms with van der Waals surface area (Å²) in [5.74, 6) is 0.682. The minimum absolute atomic E-state index is 0.236. The summed E-state index contributed by atoms with van der Waals surface area (Å²) in [6, 6.07) is 14.1. The lowest BCUT2D eigenvalue weighted by Gasteiger charge is -2.33. The second-order valence-electron chi connectivity index (χ2n) is 5.62. The van der Waals surface area contributed by atoms with Crippen molar-refractivity contribution in [1.82, 2.24) is 9.88 Å². The molecule has 0 spiro atoms. The average molecular weight is 280 g/mol. The van der Waals surface area contributed by atoms with E-state index in [0.717, 1.165) is 31.5 Å². The van der Waals surface area contributed by atoms with Gasteiger partial charge in [0, 0.05) is 31.4 Å². The molecule has 1 saturated heterocycles. The van der Waals surface area contributed by atoms with Crippen molar-refractivity contribution in [3.63, 3.8) is 0 Å². The van der Waals surface area contributed by atoms with Gasteiger partial charge in [-0.1, -0.05) is 30.3 Å². The molecule has 1 aliphatic rings.